The number of amides is 2. The second kappa shape index (κ2) is 6.96. The van der Waals surface area contributed by atoms with Crippen molar-refractivity contribution >= 4 is 11.8 Å². The van der Waals surface area contributed by atoms with Crippen molar-refractivity contribution in [3.05, 3.63) is 0 Å². The number of morpholine rings is 1. The van der Waals surface area contributed by atoms with Crippen molar-refractivity contribution in [2.24, 2.45) is 0 Å². The van der Waals surface area contributed by atoms with Crippen molar-refractivity contribution in [2.45, 2.75) is 57.2 Å². The van der Waals surface area contributed by atoms with E-state index >= 15 is 0 Å². The summed E-state index contributed by atoms with van der Waals surface area (Å²) in [6.45, 7) is 5.17. The quantitative estimate of drug-likeness (QED) is 0.770. The molecule has 0 aromatic heterocycles. The smallest absolute Gasteiger partial charge is 0.245 e. The van der Waals surface area contributed by atoms with Crippen LogP contribution in [0.25, 0.3) is 0 Å². The molecule has 3 fully saturated rings. The molecule has 0 N–H and O–H groups in total. The number of hydrogen-bond acceptors (Lipinski definition) is 4. The summed E-state index contributed by atoms with van der Waals surface area (Å²) in [7, 11) is 0. The molecule has 22 heavy (non-hydrogen) atoms. The lowest BCUT2D eigenvalue weighted by molar-refractivity contribution is -0.154. The first-order valence-electron chi connectivity index (χ1n) is 8.51. The highest BCUT2D eigenvalue weighted by molar-refractivity contribution is 5.88. The third kappa shape index (κ3) is 2.99. The zero-order chi connectivity index (χ0) is 15.5. The Labute approximate surface area is 131 Å². The molecule has 3 aliphatic heterocycles. The molecule has 6 heteroatoms. The van der Waals surface area contributed by atoms with E-state index < -0.39 is 0 Å². The fourth-order valence-corrected chi connectivity index (χ4v) is 3.83. The van der Waals surface area contributed by atoms with E-state index in [0.29, 0.717) is 39.1 Å². The van der Waals surface area contributed by atoms with Crippen molar-refractivity contribution in [3.8, 4) is 0 Å². The molecule has 2 amide bonds. The van der Waals surface area contributed by atoms with Crippen LogP contribution in [0, 0.1) is 0 Å². The molecule has 3 unspecified atom stereocenters. The molecule has 0 saturated carbocycles. The Balaban J connectivity index is 1.73. The Hall–Kier alpha value is -1.14. The molecule has 3 saturated heterocycles. The van der Waals surface area contributed by atoms with Crippen LogP contribution in [0.1, 0.15) is 39.0 Å². The van der Waals surface area contributed by atoms with Crippen molar-refractivity contribution in [2.75, 3.05) is 32.9 Å². The van der Waals surface area contributed by atoms with Crippen LogP contribution in [0.15, 0.2) is 0 Å². The van der Waals surface area contributed by atoms with Crippen LogP contribution in [0.5, 0.6) is 0 Å². The molecule has 0 aromatic rings. The van der Waals surface area contributed by atoms with Crippen LogP contribution >= 0.6 is 0 Å². The summed E-state index contributed by atoms with van der Waals surface area (Å²) in [5.74, 6) is 0.184. The lowest BCUT2D eigenvalue weighted by atomic mass is 10.0. The minimum atomic E-state index is -0.322. The molecule has 3 heterocycles. The van der Waals surface area contributed by atoms with E-state index in [9.17, 15) is 9.59 Å². The molecular formula is C16H26N2O4. The molecule has 0 aromatic carbocycles. The van der Waals surface area contributed by atoms with Gasteiger partial charge in [0, 0.05) is 26.1 Å². The van der Waals surface area contributed by atoms with Gasteiger partial charge < -0.3 is 19.3 Å². The Kier molecular flexibility index (Phi) is 4.98. The SMILES string of the molecule is CCC(C(=O)N1CCOCC1C1CCCO1)N1CCCC1=O. The first kappa shape index (κ1) is 15.7. The average Bonchev–Trinajstić information content (AvgIpc) is 3.20. The Morgan fingerprint density at radius 1 is 1.32 bits per heavy atom. The van der Waals surface area contributed by atoms with Crippen molar-refractivity contribution in [3.63, 3.8) is 0 Å². The number of carbonyl (C=O) groups is 2. The predicted octanol–water partition coefficient (Wildman–Crippen LogP) is 0.794. The monoisotopic (exact) mass is 310 g/mol. The van der Waals surface area contributed by atoms with E-state index in [1.165, 1.54) is 0 Å². The molecule has 3 aliphatic rings. The van der Waals surface area contributed by atoms with Crippen LogP contribution in [0.4, 0.5) is 0 Å². The van der Waals surface area contributed by atoms with Crippen molar-refractivity contribution in [1.29, 1.82) is 0 Å². The Morgan fingerprint density at radius 2 is 2.18 bits per heavy atom. The van der Waals surface area contributed by atoms with Gasteiger partial charge in [0.1, 0.15) is 6.04 Å². The molecule has 3 atom stereocenters. The topological polar surface area (TPSA) is 59.1 Å². The summed E-state index contributed by atoms with van der Waals surface area (Å²) in [5.41, 5.74) is 0. The number of nitrogens with zero attached hydrogens (tertiary/aromatic N) is 2. The second-order valence-corrected chi connectivity index (χ2v) is 6.34. The molecular weight excluding hydrogens is 284 g/mol. The molecule has 0 spiro atoms. The average molecular weight is 310 g/mol. The van der Waals surface area contributed by atoms with Crippen LogP contribution in [-0.2, 0) is 19.1 Å². The summed E-state index contributed by atoms with van der Waals surface area (Å²) in [5, 5.41) is 0. The standard InChI is InChI=1S/C16H26N2O4/c1-2-12(17-7-3-6-15(17)19)16(20)18-8-10-21-11-13(18)14-5-4-9-22-14/h12-14H,2-11H2,1H3. The first-order chi connectivity index (χ1) is 10.7. The largest absolute Gasteiger partial charge is 0.377 e. The summed E-state index contributed by atoms with van der Waals surface area (Å²) >= 11 is 0. The van der Waals surface area contributed by atoms with Gasteiger partial charge in [0.2, 0.25) is 11.8 Å². The number of rotatable bonds is 4. The van der Waals surface area contributed by atoms with Crippen molar-refractivity contribution in [1.82, 2.24) is 9.80 Å². The lowest BCUT2D eigenvalue weighted by Gasteiger charge is -2.41. The molecule has 3 rings (SSSR count). The maximum atomic E-state index is 13.0. The van der Waals surface area contributed by atoms with E-state index in [0.717, 1.165) is 25.9 Å². The number of likely N-dealkylation sites (tertiary alicyclic amines) is 1. The van der Waals surface area contributed by atoms with Gasteiger partial charge >= 0.3 is 0 Å². The van der Waals surface area contributed by atoms with E-state index in [1.54, 1.807) is 4.90 Å². The van der Waals surface area contributed by atoms with Gasteiger partial charge in [0.05, 0.1) is 25.4 Å². The highest BCUT2D eigenvalue weighted by Gasteiger charge is 2.40. The lowest BCUT2D eigenvalue weighted by Crippen LogP contribution is -2.59. The molecule has 124 valence electrons. The Bertz CT molecular complexity index is 422. The number of ether oxygens (including phenoxy) is 2. The van der Waals surface area contributed by atoms with E-state index in [1.807, 2.05) is 11.8 Å². The molecule has 0 aliphatic carbocycles. The summed E-state index contributed by atoms with van der Waals surface area (Å²) in [6, 6.07) is -0.326. The third-order valence-electron chi connectivity index (χ3n) is 5.00. The van der Waals surface area contributed by atoms with Gasteiger partial charge in [-0.05, 0) is 25.7 Å². The van der Waals surface area contributed by atoms with Gasteiger partial charge in [0.15, 0.2) is 0 Å². The zero-order valence-electron chi connectivity index (χ0n) is 13.3. The number of hydrogen-bond donors (Lipinski definition) is 0. The minimum Gasteiger partial charge on any atom is -0.377 e. The number of carbonyl (C=O) groups excluding carboxylic acids is 2. The van der Waals surface area contributed by atoms with Crippen LogP contribution in [0.2, 0.25) is 0 Å². The summed E-state index contributed by atoms with van der Waals surface area (Å²) < 4.78 is 11.4. The third-order valence-corrected chi connectivity index (χ3v) is 5.00. The minimum absolute atomic E-state index is 0.00416. The Morgan fingerprint density at radius 3 is 2.82 bits per heavy atom. The summed E-state index contributed by atoms with van der Waals surface area (Å²) in [6.07, 6.45) is 4.21. The van der Waals surface area contributed by atoms with Gasteiger partial charge in [-0.15, -0.1) is 0 Å². The molecule has 0 bridgehead atoms. The van der Waals surface area contributed by atoms with Gasteiger partial charge in [-0.1, -0.05) is 6.92 Å². The maximum Gasteiger partial charge on any atom is 0.245 e. The normalized spacial score (nSPS) is 30.9. The maximum absolute atomic E-state index is 13.0. The van der Waals surface area contributed by atoms with E-state index in [-0.39, 0.29) is 30.0 Å². The van der Waals surface area contributed by atoms with Crippen LogP contribution in [-0.4, -0.2) is 72.7 Å². The zero-order valence-corrected chi connectivity index (χ0v) is 13.3. The fraction of sp³-hybridized carbons (Fsp3) is 0.875. The predicted molar refractivity (Wildman–Crippen MR) is 80.3 cm³/mol. The second-order valence-electron chi connectivity index (χ2n) is 6.34. The van der Waals surface area contributed by atoms with Gasteiger partial charge in [-0.2, -0.15) is 0 Å². The molecule has 0 radical (unpaired) electrons. The highest BCUT2D eigenvalue weighted by Crippen LogP contribution is 2.25. The van der Waals surface area contributed by atoms with Crippen molar-refractivity contribution < 1.29 is 19.1 Å². The highest BCUT2D eigenvalue weighted by atomic mass is 16.5. The molecule has 6 nitrogen and oxygen atoms in total. The van der Waals surface area contributed by atoms with Crippen LogP contribution < -0.4 is 0 Å². The fourth-order valence-electron chi connectivity index (χ4n) is 3.83. The van der Waals surface area contributed by atoms with Crippen LogP contribution in [0.3, 0.4) is 0 Å². The van der Waals surface area contributed by atoms with E-state index in [2.05, 4.69) is 0 Å². The van der Waals surface area contributed by atoms with Gasteiger partial charge in [-0.3, -0.25) is 9.59 Å². The van der Waals surface area contributed by atoms with E-state index in [4.69, 9.17) is 9.47 Å². The summed E-state index contributed by atoms with van der Waals surface area (Å²) in [4.78, 5) is 28.7. The van der Waals surface area contributed by atoms with Gasteiger partial charge in [0.25, 0.3) is 0 Å². The first-order valence-corrected chi connectivity index (χ1v) is 8.51. The van der Waals surface area contributed by atoms with Gasteiger partial charge in [-0.25, -0.2) is 0 Å².